The number of benzene rings is 2. The zero-order chi connectivity index (χ0) is 25.0. The summed E-state index contributed by atoms with van der Waals surface area (Å²) in [6, 6.07) is 12.1. The number of nitrogens with one attached hydrogen (secondary N) is 3. The van der Waals surface area contributed by atoms with Gasteiger partial charge in [-0.2, -0.15) is 0 Å². The van der Waals surface area contributed by atoms with Crippen molar-refractivity contribution in [2.24, 2.45) is 0 Å². The van der Waals surface area contributed by atoms with Crippen molar-refractivity contribution < 1.29 is 26.8 Å². The van der Waals surface area contributed by atoms with Gasteiger partial charge in [-0.3, -0.25) is 14.5 Å². The summed E-state index contributed by atoms with van der Waals surface area (Å²) in [6.07, 6.45) is 3.92. The second kappa shape index (κ2) is 9.73. The van der Waals surface area contributed by atoms with E-state index in [0.29, 0.717) is 5.76 Å². The molecular formula is C23H19N3O8S. The third-order valence-corrected chi connectivity index (χ3v) is 6.25. The van der Waals surface area contributed by atoms with Crippen LogP contribution >= 0.6 is 0 Å². The van der Waals surface area contributed by atoms with Crippen LogP contribution in [0.15, 0.2) is 84.2 Å². The Kier molecular flexibility index (Phi) is 6.55. The lowest BCUT2D eigenvalue weighted by molar-refractivity contribution is -0.116. The Hall–Kier alpha value is -4.58. The van der Waals surface area contributed by atoms with E-state index in [1.807, 2.05) is 0 Å². The first-order valence-electron chi connectivity index (χ1n) is 10.1. The van der Waals surface area contributed by atoms with Gasteiger partial charge in [-0.25, -0.2) is 18.0 Å². The molecule has 0 unspecified atom stereocenters. The minimum absolute atomic E-state index is 0.0212. The molecule has 11 nitrogen and oxygen atoms in total. The van der Waals surface area contributed by atoms with Crippen LogP contribution in [0.1, 0.15) is 11.3 Å². The Morgan fingerprint density at radius 2 is 1.91 bits per heavy atom. The predicted molar refractivity (Wildman–Crippen MR) is 126 cm³/mol. The van der Waals surface area contributed by atoms with Gasteiger partial charge in [0, 0.05) is 11.6 Å². The van der Waals surface area contributed by atoms with E-state index in [0.717, 1.165) is 6.08 Å². The van der Waals surface area contributed by atoms with Gasteiger partial charge in [0.2, 0.25) is 5.91 Å². The van der Waals surface area contributed by atoms with Crippen molar-refractivity contribution in [2.75, 3.05) is 11.8 Å². The second-order valence-corrected chi connectivity index (χ2v) is 8.83. The smallest absolute Gasteiger partial charge is 0.419 e. The minimum Gasteiger partial charge on any atom is -0.494 e. The van der Waals surface area contributed by atoms with Crippen LogP contribution in [0.3, 0.4) is 0 Å². The zero-order valence-electron chi connectivity index (χ0n) is 18.2. The van der Waals surface area contributed by atoms with Gasteiger partial charge in [-0.05, 0) is 36.4 Å². The summed E-state index contributed by atoms with van der Waals surface area (Å²) < 4.78 is 43.5. The first-order valence-corrected chi connectivity index (χ1v) is 11.6. The number of fused-ring (bicyclic) bond motifs is 1. The van der Waals surface area contributed by atoms with Crippen molar-refractivity contribution in [3.05, 3.63) is 93.2 Å². The lowest BCUT2D eigenvalue weighted by Crippen LogP contribution is -2.20. The molecule has 180 valence electrons. The Bertz CT molecular complexity index is 1620. The molecule has 0 bridgehead atoms. The predicted octanol–water partition coefficient (Wildman–Crippen LogP) is 2.21. The minimum atomic E-state index is -4.09. The number of methoxy groups -OCH3 is 1. The fourth-order valence-electron chi connectivity index (χ4n) is 3.30. The monoisotopic (exact) mass is 497 g/mol. The average Bonchev–Trinajstić information content (AvgIpc) is 3.36. The number of hydrogen-bond acceptors (Lipinski definition) is 8. The molecule has 12 heteroatoms. The van der Waals surface area contributed by atoms with Crippen LogP contribution in [-0.4, -0.2) is 26.4 Å². The molecule has 1 amide bonds. The van der Waals surface area contributed by atoms with E-state index in [9.17, 15) is 22.8 Å². The molecule has 0 aliphatic carbocycles. The van der Waals surface area contributed by atoms with Crippen LogP contribution in [-0.2, 0) is 21.4 Å². The number of furan rings is 1. The number of carbonyl (C=O) groups excluding carboxylic acids is 1. The van der Waals surface area contributed by atoms with E-state index >= 15 is 0 Å². The molecule has 3 N–H and O–H groups in total. The number of anilines is 1. The molecule has 2 aromatic heterocycles. The Morgan fingerprint density at radius 3 is 2.60 bits per heavy atom. The molecule has 2 aromatic carbocycles. The number of sulfonamides is 1. The van der Waals surface area contributed by atoms with Crippen molar-refractivity contribution >= 4 is 38.6 Å². The van der Waals surface area contributed by atoms with Crippen LogP contribution in [0.5, 0.6) is 5.75 Å². The molecule has 0 radical (unpaired) electrons. The zero-order valence-corrected chi connectivity index (χ0v) is 19.0. The second-order valence-electron chi connectivity index (χ2n) is 7.14. The maximum atomic E-state index is 13.0. The normalized spacial score (nSPS) is 11.6. The first-order chi connectivity index (χ1) is 16.8. The van der Waals surface area contributed by atoms with Gasteiger partial charge in [0.15, 0.2) is 5.75 Å². The lowest BCUT2D eigenvalue weighted by Gasteiger charge is -2.15. The van der Waals surface area contributed by atoms with Gasteiger partial charge in [0.1, 0.15) is 11.3 Å². The highest BCUT2D eigenvalue weighted by atomic mass is 32.2. The highest BCUT2D eigenvalue weighted by Crippen LogP contribution is 2.35. The van der Waals surface area contributed by atoms with Crippen LogP contribution in [0.2, 0.25) is 0 Å². The number of aromatic amines is 1. The molecular weight excluding hydrogens is 478 g/mol. The maximum absolute atomic E-state index is 13.0. The Morgan fingerprint density at radius 1 is 1.14 bits per heavy atom. The molecule has 4 rings (SSSR count). The van der Waals surface area contributed by atoms with E-state index in [2.05, 4.69) is 19.4 Å². The average molecular weight is 497 g/mol. The number of aromatic nitrogens is 1. The van der Waals surface area contributed by atoms with Crippen molar-refractivity contribution in [1.29, 1.82) is 0 Å². The fourth-order valence-corrected chi connectivity index (χ4v) is 4.39. The number of hydrogen-bond donors (Lipinski definition) is 3. The number of carbonyl (C=O) groups is 1. The maximum Gasteiger partial charge on any atom is 0.419 e. The molecule has 0 atom stereocenters. The summed E-state index contributed by atoms with van der Waals surface area (Å²) >= 11 is 0. The third-order valence-electron chi connectivity index (χ3n) is 4.87. The van der Waals surface area contributed by atoms with E-state index in [1.165, 1.54) is 37.6 Å². The number of amides is 1. The summed E-state index contributed by atoms with van der Waals surface area (Å²) in [5, 5.41) is 2.49. The summed E-state index contributed by atoms with van der Waals surface area (Å²) in [5.74, 6) is -1.05. The summed E-state index contributed by atoms with van der Waals surface area (Å²) in [5.41, 5.74) is -0.998. The fraction of sp³-hybridized carbons (Fsp3) is 0.0870. The largest absolute Gasteiger partial charge is 0.494 e. The summed E-state index contributed by atoms with van der Waals surface area (Å²) in [7, 11) is -2.82. The number of ether oxygens (including phenoxy) is 1. The Balaban J connectivity index is 1.80. The van der Waals surface area contributed by atoms with Crippen molar-refractivity contribution in [3.63, 3.8) is 0 Å². The van der Waals surface area contributed by atoms with Crippen LogP contribution in [0, 0.1) is 0 Å². The van der Waals surface area contributed by atoms with Gasteiger partial charge >= 0.3 is 11.4 Å². The molecule has 2 heterocycles. The van der Waals surface area contributed by atoms with Crippen LogP contribution < -0.4 is 26.2 Å². The molecule has 0 saturated carbocycles. The molecule has 4 aromatic rings. The topological polar surface area (TPSA) is 161 Å². The molecule has 0 aliphatic heterocycles. The molecule has 0 spiro atoms. The van der Waals surface area contributed by atoms with Gasteiger partial charge < -0.3 is 18.9 Å². The highest BCUT2D eigenvalue weighted by molar-refractivity contribution is 7.92. The van der Waals surface area contributed by atoms with Crippen LogP contribution in [0.4, 0.5) is 5.69 Å². The quantitative estimate of drug-likeness (QED) is 0.312. The van der Waals surface area contributed by atoms with E-state index in [4.69, 9.17) is 9.15 Å². The first kappa shape index (κ1) is 23.6. The lowest BCUT2D eigenvalue weighted by atomic mass is 10.1. The molecule has 0 fully saturated rings. The number of rotatable bonds is 8. The van der Waals surface area contributed by atoms with E-state index in [-0.39, 0.29) is 39.3 Å². The van der Waals surface area contributed by atoms with Crippen LogP contribution in [0.25, 0.3) is 17.0 Å². The van der Waals surface area contributed by atoms with Gasteiger partial charge in [0.25, 0.3) is 10.0 Å². The van der Waals surface area contributed by atoms with Gasteiger partial charge in [-0.1, -0.05) is 18.2 Å². The summed E-state index contributed by atoms with van der Waals surface area (Å²) in [4.78, 5) is 38.8. The van der Waals surface area contributed by atoms with E-state index in [1.54, 1.807) is 30.3 Å². The third kappa shape index (κ3) is 5.17. The highest BCUT2D eigenvalue weighted by Gasteiger charge is 2.21. The number of H-pyrrole nitrogens is 1. The van der Waals surface area contributed by atoms with Crippen molar-refractivity contribution in [1.82, 2.24) is 10.3 Å². The molecule has 0 aliphatic rings. The van der Waals surface area contributed by atoms with E-state index < -0.39 is 27.3 Å². The molecule has 35 heavy (non-hydrogen) atoms. The Labute approximate surface area is 198 Å². The van der Waals surface area contributed by atoms with Crippen molar-refractivity contribution in [2.45, 2.75) is 11.4 Å². The summed E-state index contributed by atoms with van der Waals surface area (Å²) in [6.45, 7) is 0.132. The van der Waals surface area contributed by atoms with Crippen molar-refractivity contribution in [3.8, 4) is 5.75 Å². The SMILES string of the molecule is COc1c(C=CC(=O)NCc2ccco2)c(NS(=O)(=O)c2ccccc2)cc2c(=O)oc(=O)[nH]c12. The van der Waals surface area contributed by atoms with Gasteiger partial charge in [-0.15, -0.1) is 0 Å². The standard InChI is InChI=1S/C23H19N3O8S/c1-32-21-16(9-10-19(27)24-13-14-6-5-11-33-14)18(12-17-20(21)25-23(29)34-22(17)28)26-35(30,31)15-7-3-2-4-8-15/h2-12,26H,13H2,1H3,(H,24,27)(H,25,29). The van der Waals surface area contributed by atoms with Gasteiger partial charge in [0.05, 0.1) is 35.9 Å². The molecule has 0 saturated heterocycles.